The molecule has 0 amide bonds. The van der Waals surface area contributed by atoms with Crippen LogP contribution in [0.5, 0.6) is 0 Å². The predicted molar refractivity (Wildman–Crippen MR) is 194 cm³/mol. The molecule has 0 aliphatic rings. The Hall–Kier alpha value is -6.59. The van der Waals surface area contributed by atoms with E-state index in [0.717, 1.165) is 88.7 Å². The number of anilines is 3. The number of hydrogen-bond acceptors (Lipinski definition) is 5. The molecule has 0 fully saturated rings. The van der Waals surface area contributed by atoms with Gasteiger partial charge in [0.05, 0.1) is 5.39 Å². The molecule has 10 rings (SSSR count). The van der Waals surface area contributed by atoms with Crippen LogP contribution >= 0.6 is 0 Å². The molecule has 226 valence electrons. The minimum absolute atomic E-state index is 0.591. The average molecular weight is 619 g/mol. The summed E-state index contributed by atoms with van der Waals surface area (Å²) in [7, 11) is 0. The Labute approximate surface area is 274 Å². The smallest absolute Gasteiger partial charge is 0.227 e. The van der Waals surface area contributed by atoms with Gasteiger partial charge in [-0.25, -0.2) is 4.98 Å². The maximum absolute atomic E-state index is 6.42. The van der Waals surface area contributed by atoms with Crippen LogP contribution in [-0.4, -0.2) is 4.98 Å². The summed E-state index contributed by atoms with van der Waals surface area (Å²) in [5.41, 5.74) is 11.1. The number of fused-ring (bicyclic) bond motifs is 8. The van der Waals surface area contributed by atoms with Gasteiger partial charge in [0.2, 0.25) is 5.89 Å². The Kier molecular flexibility index (Phi) is 5.81. The summed E-state index contributed by atoms with van der Waals surface area (Å²) in [6.45, 7) is 0. The van der Waals surface area contributed by atoms with Crippen LogP contribution in [0.3, 0.4) is 0 Å². The van der Waals surface area contributed by atoms with E-state index in [-0.39, 0.29) is 0 Å². The molecule has 5 nitrogen and oxygen atoms in total. The van der Waals surface area contributed by atoms with Gasteiger partial charge >= 0.3 is 0 Å². The number of furan rings is 2. The van der Waals surface area contributed by atoms with Crippen LogP contribution in [-0.2, 0) is 0 Å². The van der Waals surface area contributed by atoms with E-state index in [9.17, 15) is 0 Å². The molecular formula is C43H26N2O3. The van der Waals surface area contributed by atoms with Crippen LogP contribution in [0.2, 0.25) is 0 Å². The second-order valence-electron chi connectivity index (χ2n) is 12.0. The Morgan fingerprint density at radius 3 is 1.96 bits per heavy atom. The van der Waals surface area contributed by atoms with E-state index in [1.54, 1.807) is 0 Å². The predicted octanol–water partition coefficient (Wildman–Crippen LogP) is 12.4. The summed E-state index contributed by atoms with van der Waals surface area (Å²) in [5, 5.41) is 4.14. The van der Waals surface area contributed by atoms with Crippen LogP contribution in [0.15, 0.2) is 171 Å². The monoisotopic (exact) mass is 618 g/mol. The van der Waals surface area contributed by atoms with Crippen molar-refractivity contribution in [3.63, 3.8) is 0 Å². The quantitative estimate of drug-likeness (QED) is 0.192. The molecule has 48 heavy (non-hydrogen) atoms. The van der Waals surface area contributed by atoms with Crippen molar-refractivity contribution in [3.05, 3.63) is 158 Å². The molecule has 0 bridgehead atoms. The van der Waals surface area contributed by atoms with Gasteiger partial charge in [-0.2, -0.15) is 0 Å². The van der Waals surface area contributed by atoms with Crippen LogP contribution in [0.25, 0.3) is 77.6 Å². The highest BCUT2D eigenvalue weighted by Gasteiger charge is 2.20. The third kappa shape index (κ3) is 4.15. The SMILES string of the molecule is c1ccc(-c2nc3ccc4oc5ccc(N(c6ccccc6)c6ccc(-c7cccc8c7oc7ccccc78)cc6)cc5c4c3o2)cc1. The van der Waals surface area contributed by atoms with E-state index < -0.39 is 0 Å². The van der Waals surface area contributed by atoms with Gasteiger partial charge in [0.25, 0.3) is 0 Å². The summed E-state index contributed by atoms with van der Waals surface area (Å²) in [6.07, 6.45) is 0. The van der Waals surface area contributed by atoms with Crippen molar-refractivity contribution in [2.24, 2.45) is 0 Å². The lowest BCUT2D eigenvalue weighted by molar-refractivity contribution is 0.622. The molecule has 0 saturated carbocycles. The zero-order chi connectivity index (χ0) is 31.6. The van der Waals surface area contributed by atoms with Gasteiger partial charge in [-0.1, -0.05) is 84.9 Å². The van der Waals surface area contributed by atoms with Gasteiger partial charge in [-0.05, 0) is 78.4 Å². The number of benzene rings is 7. The Bertz CT molecular complexity index is 2770. The molecule has 10 aromatic rings. The molecule has 0 spiro atoms. The second kappa shape index (κ2) is 10.5. The minimum Gasteiger partial charge on any atom is -0.456 e. The highest BCUT2D eigenvalue weighted by Crippen LogP contribution is 2.42. The Balaban J connectivity index is 1.11. The molecule has 7 aromatic carbocycles. The molecule has 0 aliphatic carbocycles. The van der Waals surface area contributed by atoms with E-state index in [2.05, 4.69) is 95.9 Å². The average Bonchev–Trinajstić information content (AvgIpc) is 3.86. The molecule has 5 heteroatoms. The summed E-state index contributed by atoms with van der Waals surface area (Å²) >= 11 is 0. The van der Waals surface area contributed by atoms with Crippen molar-refractivity contribution >= 4 is 72.0 Å². The van der Waals surface area contributed by atoms with Crippen LogP contribution in [0, 0.1) is 0 Å². The first kappa shape index (κ1) is 26.6. The minimum atomic E-state index is 0.591. The molecular weight excluding hydrogens is 592 g/mol. The number of oxazole rings is 1. The summed E-state index contributed by atoms with van der Waals surface area (Å²) in [4.78, 5) is 7.07. The zero-order valence-electron chi connectivity index (χ0n) is 25.6. The molecule has 0 aliphatic heterocycles. The molecule has 0 radical (unpaired) electrons. The van der Waals surface area contributed by atoms with Crippen LogP contribution in [0.1, 0.15) is 0 Å². The maximum Gasteiger partial charge on any atom is 0.227 e. The maximum atomic E-state index is 6.42. The first-order valence-electron chi connectivity index (χ1n) is 16.0. The van der Waals surface area contributed by atoms with Gasteiger partial charge in [0, 0.05) is 44.3 Å². The second-order valence-corrected chi connectivity index (χ2v) is 12.0. The fourth-order valence-corrected chi connectivity index (χ4v) is 6.87. The van der Waals surface area contributed by atoms with Crippen molar-refractivity contribution < 1.29 is 13.3 Å². The lowest BCUT2D eigenvalue weighted by atomic mass is 10.0. The number of para-hydroxylation sites is 3. The van der Waals surface area contributed by atoms with Gasteiger partial charge in [-0.15, -0.1) is 0 Å². The Morgan fingerprint density at radius 1 is 0.417 bits per heavy atom. The van der Waals surface area contributed by atoms with Gasteiger partial charge < -0.3 is 18.2 Å². The lowest BCUT2D eigenvalue weighted by Crippen LogP contribution is -2.09. The van der Waals surface area contributed by atoms with E-state index >= 15 is 0 Å². The molecule has 3 heterocycles. The molecule has 0 N–H and O–H groups in total. The standard InChI is InChI=1S/C43H26N2O3/c1-3-10-28(11-4-1)43-44-36-23-25-39-40(42(36)48-43)35-26-31(22-24-38(35)46-39)45(29-12-5-2-6-13-29)30-20-18-27(19-21-30)32-15-9-16-34-33-14-7-8-17-37(33)47-41(32)34/h1-26H. The zero-order valence-corrected chi connectivity index (χ0v) is 25.6. The molecule has 3 aromatic heterocycles. The van der Waals surface area contributed by atoms with E-state index in [4.69, 9.17) is 18.2 Å². The number of hydrogen-bond donors (Lipinski definition) is 0. The molecule has 0 unspecified atom stereocenters. The third-order valence-electron chi connectivity index (χ3n) is 9.11. The van der Waals surface area contributed by atoms with Gasteiger partial charge in [0.1, 0.15) is 27.8 Å². The number of rotatable bonds is 5. The molecule has 0 atom stereocenters. The van der Waals surface area contributed by atoms with Crippen molar-refractivity contribution in [3.8, 4) is 22.6 Å². The number of aromatic nitrogens is 1. The van der Waals surface area contributed by atoms with Crippen molar-refractivity contribution in [1.82, 2.24) is 4.98 Å². The number of nitrogens with zero attached hydrogens (tertiary/aromatic N) is 2. The first-order chi connectivity index (χ1) is 23.8. The summed E-state index contributed by atoms with van der Waals surface area (Å²) in [5.74, 6) is 0.591. The summed E-state index contributed by atoms with van der Waals surface area (Å²) in [6, 6.07) is 53.9. The fraction of sp³-hybridized carbons (Fsp3) is 0. The highest BCUT2D eigenvalue weighted by atomic mass is 16.4. The van der Waals surface area contributed by atoms with Crippen molar-refractivity contribution in [2.45, 2.75) is 0 Å². The van der Waals surface area contributed by atoms with E-state index in [0.29, 0.717) is 5.89 Å². The van der Waals surface area contributed by atoms with Crippen molar-refractivity contribution in [2.75, 3.05) is 4.90 Å². The Morgan fingerprint density at radius 2 is 1.10 bits per heavy atom. The van der Waals surface area contributed by atoms with Gasteiger partial charge in [0.15, 0.2) is 5.58 Å². The van der Waals surface area contributed by atoms with E-state index in [1.165, 1.54) is 0 Å². The normalized spacial score (nSPS) is 11.8. The van der Waals surface area contributed by atoms with Crippen molar-refractivity contribution in [1.29, 1.82) is 0 Å². The lowest BCUT2D eigenvalue weighted by Gasteiger charge is -2.25. The molecule has 0 saturated heterocycles. The van der Waals surface area contributed by atoms with Crippen LogP contribution in [0.4, 0.5) is 17.1 Å². The fourth-order valence-electron chi connectivity index (χ4n) is 6.87. The first-order valence-corrected chi connectivity index (χ1v) is 16.0. The topological polar surface area (TPSA) is 55.6 Å². The van der Waals surface area contributed by atoms with Gasteiger partial charge in [-0.3, -0.25) is 0 Å². The highest BCUT2D eigenvalue weighted by molar-refractivity contribution is 6.17. The summed E-state index contributed by atoms with van der Waals surface area (Å²) < 4.78 is 19.1. The van der Waals surface area contributed by atoms with E-state index in [1.807, 2.05) is 66.7 Å². The van der Waals surface area contributed by atoms with Crippen LogP contribution < -0.4 is 4.90 Å². The largest absolute Gasteiger partial charge is 0.456 e. The third-order valence-corrected chi connectivity index (χ3v) is 9.11.